The van der Waals surface area contributed by atoms with Gasteiger partial charge in [0, 0.05) is 37.2 Å². The van der Waals surface area contributed by atoms with Crippen LogP contribution >= 0.6 is 24.0 Å². The number of hydrogen-bond donors (Lipinski definition) is 2. The second-order valence-electron chi connectivity index (χ2n) is 7.05. The number of nitrogens with one attached hydrogen (secondary N) is 2. The molecular weight excluding hydrogens is 481 g/mol. The number of guanidine groups is 1. The van der Waals surface area contributed by atoms with E-state index in [1.807, 2.05) is 18.2 Å². The normalized spacial score (nSPS) is 11.3. The summed E-state index contributed by atoms with van der Waals surface area (Å²) in [7, 11) is 6.63. The Morgan fingerprint density at radius 3 is 2.03 bits per heavy atom. The highest BCUT2D eigenvalue weighted by Gasteiger charge is 2.20. The summed E-state index contributed by atoms with van der Waals surface area (Å²) in [6.45, 7) is 5.70. The van der Waals surface area contributed by atoms with Gasteiger partial charge in [-0.1, -0.05) is 44.2 Å². The van der Waals surface area contributed by atoms with Crippen LogP contribution in [0.25, 0.3) is 0 Å². The van der Waals surface area contributed by atoms with Crippen LogP contribution < -0.4 is 24.8 Å². The molecule has 2 aromatic carbocycles. The summed E-state index contributed by atoms with van der Waals surface area (Å²) in [5.41, 5.74) is 2.20. The number of nitrogens with zero attached hydrogens (tertiary/aromatic N) is 1. The second kappa shape index (κ2) is 11.7. The van der Waals surface area contributed by atoms with E-state index in [0.29, 0.717) is 18.0 Å². The standard InChI is InChI=1S/C22H31N3O3.HI/c1-22(2,17-10-8-7-9-11-17)15-25-21(23-3)24-14-16-12-19(27-5)20(28-6)13-18(16)26-4;/h7-13H,14-15H2,1-6H3,(H2,23,24,25);1H. The molecule has 2 aromatic rings. The molecule has 0 saturated heterocycles. The molecule has 2 rings (SSSR count). The van der Waals surface area contributed by atoms with Gasteiger partial charge in [0.25, 0.3) is 0 Å². The Balaban J connectivity index is 0.00000420. The van der Waals surface area contributed by atoms with E-state index in [1.54, 1.807) is 28.4 Å². The molecule has 2 N–H and O–H groups in total. The molecule has 0 bridgehead atoms. The lowest BCUT2D eigenvalue weighted by atomic mass is 9.85. The van der Waals surface area contributed by atoms with Gasteiger partial charge in [-0.2, -0.15) is 0 Å². The van der Waals surface area contributed by atoms with Crippen LogP contribution in [0.1, 0.15) is 25.0 Å². The summed E-state index contributed by atoms with van der Waals surface area (Å²) in [5.74, 6) is 2.74. The predicted molar refractivity (Wildman–Crippen MR) is 129 cm³/mol. The molecule has 160 valence electrons. The van der Waals surface area contributed by atoms with Crippen molar-refractivity contribution in [3.8, 4) is 17.2 Å². The third kappa shape index (κ3) is 6.69. The molecule has 0 aliphatic heterocycles. The number of aliphatic imine (C=N–C) groups is 1. The van der Waals surface area contributed by atoms with Crippen LogP contribution in [0, 0.1) is 0 Å². The van der Waals surface area contributed by atoms with Crippen LogP contribution in [0.4, 0.5) is 0 Å². The summed E-state index contributed by atoms with van der Waals surface area (Å²) >= 11 is 0. The summed E-state index contributed by atoms with van der Waals surface area (Å²) in [6, 6.07) is 14.2. The summed E-state index contributed by atoms with van der Waals surface area (Å²) in [6.07, 6.45) is 0. The minimum atomic E-state index is -0.0279. The molecule has 0 heterocycles. The molecule has 6 nitrogen and oxygen atoms in total. The van der Waals surface area contributed by atoms with Gasteiger partial charge in [-0.05, 0) is 11.6 Å². The van der Waals surface area contributed by atoms with Gasteiger partial charge in [-0.15, -0.1) is 24.0 Å². The fraction of sp³-hybridized carbons (Fsp3) is 0.409. The largest absolute Gasteiger partial charge is 0.496 e. The van der Waals surface area contributed by atoms with Gasteiger partial charge < -0.3 is 24.8 Å². The number of methoxy groups -OCH3 is 3. The first-order valence-corrected chi connectivity index (χ1v) is 9.24. The zero-order chi connectivity index (χ0) is 20.6. The number of rotatable bonds is 8. The zero-order valence-electron chi connectivity index (χ0n) is 18.0. The highest BCUT2D eigenvalue weighted by Crippen LogP contribution is 2.34. The third-order valence-electron chi connectivity index (χ3n) is 4.71. The maximum absolute atomic E-state index is 5.49. The van der Waals surface area contributed by atoms with Gasteiger partial charge in [-0.3, -0.25) is 4.99 Å². The Kier molecular flexibility index (Phi) is 10.1. The molecule has 0 aromatic heterocycles. The first-order chi connectivity index (χ1) is 13.4. The highest BCUT2D eigenvalue weighted by molar-refractivity contribution is 14.0. The molecule has 0 unspecified atom stereocenters. The average molecular weight is 513 g/mol. The fourth-order valence-corrected chi connectivity index (χ4v) is 2.93. The molecule has 0 aliphatic carbocycles. The van der Waals surface area contributed by atoms with Gasteiger partial charge in [0.1, 0.15) is 5.75 Å². The Morgan fingerprint density at radius 2 is 1.48 bits per heavy atom. The van der Waals surface area contributed by atoms with Gasteiger partial charge in [0.2, 0.25) is 0 Å². The van der Waals surface area contributed by atoms with E-state index in [1.165, 1.54) is 5.56 Å². The minimum Gasteiger partial charge on any atom is -0.496 e. The molecule has 0 atom stereocenters. The fourth-order valence-electron chi connectivity index (χ4n) is 2.93. The summed E-state index contributed by atoms with van der Waals surface area (Å²) < 4.78 is 16.2. The lowest BCUT2D eigenvalue weighted by Crippen LogP contribution is -2.43. The van der Waals surface area contributed by atoms with E-state index < -0.39 is 0 Å². The molecule has 0 aliphatic rings. The van der Waals surface area contributed by atoms with E-state index in [2.05, 4.69) is 53.7 Å². The monoisotopic (exact) mass is 513 g/mol. The Hall–Kier alpha value is -2.16. The van der Waals surface area contributed by atoms with Crippen LogP contribution in [0.5, 0.6) is 17.2 Å². The molecular formula is C22H32IN3O3. The number of benzene rings is 2. The Morgan fingerprint density at radius 1 is 0.897 bits per heavy atom. The van der Waals surface area contributed by atoms with Gasteiger partial charge >= 0.3 is 0 Å². The number of hydrogen-bond acceptors (Lipinski definition) is 4. The van der Waals surface area contributed by atoms with E-state index in [0.717, 1.165) is 23.8 Å². The van der Waals surface area contributed by atoms with Crippen molar-refractivity contribution >= 4 is 29.9 Å². The highest BCUT2D eigenvalue weighted by atomic mass is 127. The lowest BCUT2D eigenvalue weighted by molar-refractivity contribution is 0.347. The molecule has 0 spiro atoms. The van der Waals surface area contributed by atoms with Crippen molar-refractivity contribution in [1.29, 1.82) is 0 Å². The van der Waals surface area contributed by atoms with Crippen molar-refractivity contribution in [2.24, 2.45) is 4.99 Å². The molecule has 7 heteroatoms. The summed E-state index contributed by atoms with van der Waals surface area (Å²) in [4.78, 5) is 4.33. The summed E-state index contributed by atoms with van der Waals surface area (Å²) in [5, 5.41) is 6.74. The predicted octanol–water partition coefficient (Wildman–Crippen LogP) is 3.97. The Bertz CT molecular complexity index is 795. The van der Waals surface area contributed by atoms with Crippen LogP contribution in [-0.2, 0) is 12.0 Å². The van der Waals surface area contributed by atoms with Crippen molar-refractivity contribution in [3.05, 3.63) is 53.6 Å². The molecule has 0 amide bonds. The van der Waals surface area contributed by atoms with Crippen molar-refractivity contribution < 1.29 is 14.2 Å². The maximum Gasteiger partial charge on any atom is 0.191 e. The van der Waals surface area contributed by atoms with Crippen molar-refractivity contribution in [3.63, 3.8) is 0 Å². The smallest absolute Gasteiger partial charge is 0.191 e. The molecule has 0 fully saturated rings. The average Bonchev–Trinajstić information content (AvgIpc) is 2.73. The first-order valence-electron chi connectivity index (χ1n) is 9.24. The molecule has 29 heavy (non-hydrogen) atoms. The van der Waals surface area contributed by atoms with Crippen molar-refractivity contribution in [2.75, 3.05) is 34.9 Å². The number of halogens is 1. The Labute approximate surface area is 191 Å². The van der Waals surface area contributed by atoms with Crippen LogP contribution in [0.15, 0.2) is 47.5 Å². The SMILES string of the molecule is CN=C(NCc1cc(OC)c(OC)cc1OC)NCC(C)(C)c1ccccc1.I. The topological polar surface area (TPSA) is 64.1 Å². The quantitative estimate of drug-likeness (QED) is 0.318. The van der Waals surface area contributed by atoms with Crippen molar-refractivity contribution in [2.45, 2.75) is 25.8 Å². The first kappa shape index (κ1) is 24.9. The van der Waals surface area contributed by atoms with E-state index in [9.17, 15) is 0 Å². The number of ether oxygens (including phenoxy) is 3. The van der Waals surface area contributed by atoms with Gasteiger partial charge in [0.05, 0.1) is 21.3 Å². The van der Waals surface area contributed by atoms with Gasteiger partial charge in [0.15, 0.2) is 17.5 Å². The lowest BCUT2D eigenvalue weighted by Gasteiger charge is -2.27. The molecule has 0 radical (unpaired) electrons. The zero-order valence-corrected chi connectivity index (χ0v) is 20.4. The van der Waals surface area contributed by atoms with Crippen LogP contribution in [0.3, 0.4) is 0 Å². The van der Waals surface area contributed by atoms with Crippen molar-refractivity contribution in [1.82, 2.24) is 10.6 Å². The second-order valence-corrected chi connectivity index (χ2v) is 7.05. The van der Waals surface area contributed by atoms with E-state index in [4.69, 9.17) is 14.2 Å². The van der Waals surface area contributed by atoms with Crippen LogP contribution in [0.2, 0.25) is 0 Å². The molecule has 0 saturated carbocycles. The van der Waals surface area contributed by atoms with E-state index >= 15 is 0 Å². The van der Waals surface area contributed by atoms with Gasteiger partial charge in [-0.25, -0.2) is 0 Å². The maximum atomic E-state index is 5.49. The minimum absolute atomic E-state index is 0. The van der Waals surface area contributed by atoms with Crippen LogP contribution in [-0.4, -0.2) is 40.9 Å². The van der Waals surface area contributed by atoms with E-state index in [-0.39, 0.29) is 29.4 Å². The third-order valence-corrected chi connectivity index (χ3v) is 4.71.